The number of furan rings is 1. The van der Waals surface area contributed by atoms with Crippen molar-refractivity contribution in [3.05, 3.63) is 248 Å². The van der Waals surface area contributed by atoms with Crippen molar-refractivity contribution in [2.45, 2.75) is 172 Å². The highest BCUT2D eigenvalue weighted by atomic mass is 32.1. The maximum absolute atomic E-state index is 5.65. The van der Waals surface area contributed by atoms with E-state index >= 15 is 0 Å². The Morgan fingerprint density at radius 3 is 1.26 bits per heavy atom. The summed E-state index contributed by atoms with van der Waals surface area (Å²) in [4.78, 5) is 27.4. The number of hydrogen-bond donors (Lipinski definition) is 0. The minimum absolute atomic E-state index is 0.449. The summed E-state index contributed by atoms with van der Waals surface area (Å²) in [5.74, 6) is 1.02. The quantitative estimate of drug-likeness (QED) is 0.163. The molecule has 0 radical (unpaired) electrons. The number of nitrogens with zero attached hydrogens (tertiary/aromatic N) is 8. The van der Waals surface area contributed by atoms with Gasteiger partial charge in [0.2, 0.25) is 0 Å². The van der Waals surface area contributed by atoms with Gasteiger partial charge in [0.25, 0.3) is 0 Å². The highest BCUT2D eigenvalue weighted by Crippen LogP contribution is 2.33. The molecule has 12 aromatic rings. The van der Waals surface area contributed by atoms with Gasteiger partial charge in [-0.15, -0.1) is 11.3 Å². The number of imidazole rings is 1. The number of aryl methyl sites for hydroxylation is 1. The molecule has 0 spiro atoms. The number of aliphatic imine (C=N–C) groups is 1. The van der Waals surface area contributed by atoms with E-state index in [1.165, 1.54) is 42.2 Å². The summed E-state index contributed by atoms with van der Waals surface area (Å²) in [5.41, 5.74) is 10.5. The Morgan fingerprint density at radius 2 is 0.802 bits per heavy atom. The second-order valence-corrected chi connectivity index (χ2v) is 35.8. The van der Waals surface area contributed by atoms with Crippen molar-refractivity contribution in [2.75, 3.05) is 20.4 Å². The van der Waals surface area contributed by atoms with Crippen LogP contribution in [0, 0.1) is 32.5 Å². The summed E-state index contributed by atoms with van der Waals surface area (Å²) in [7, 11) is 4.14. The van der Waals surface area contributed by atoms with Gasteiger partial charge in [-0.05, 0) is 100 Å². The number of likely N-dealkylation sites (N-methyl/N-ethyl adjacent to an activating group) is 1. The molecule has 3 aliphatic rings. The van der Waals surface area contributed by atoms with Gasteiger partial charge in [0.15, 0.2) is 0 Å². The predicted molar refractivity (Wildman–Crippen MR) is 445 cm³/mol. The molecule has 1 unspecified atom stereocenters. The lowest BCUT2D eigenvalue weighted by molar-refractivity contribution is 0.371. The lowest BCUT2D eigenvalue weighted by Gasteiger charge is -2.16. The van der Waals surface area contributed by atoms with Crippen molar-refractivity contribution in [2.24, 2.45) is 54.5 Å². The van der Waals surface area contributed by atoms with E-state index in [0.717, 1.165) is 56.4 Å². The number of para-hydroxylation sites is 7. The van der Waals surface area contributed by atoms with Crippen LogP contribution < -0.4 is 10.7 Å². The molecule has 15 rings (SSSR count). The van der Waals surface area contributed by atoms with E-state index in [1.807, 2.05) is 145 Å². The first-order valence-electron chi connectivity index (χ1n) is 35.4. The third-order valence-corrected chi connectivity index (χ3v) is 13.2. The number of fused-ring (bicyclic) bond motifs is 10. The van der Waals surface area contributed by atoms with Gasteiger partial charge in [-0.1, -0.05) is 330 Å². The second-order valence-electron chi connectivity index (χ2n) is 34.7. The number of allylic oxidation sites excluding steroid dienone is 2. The Morgan fingerprint density at radius 1 is 0.406 bits per heavy atom. The minimum Gasteiger partial charge on any atom is -0.456 e. The van der Waals surface area contributed by atoms with Crippen LogP contribution in [0.15, 0.2) is 256 Å². The zero-order chi connectivity index (χ0) is 75.2. The topological polar surface area (TPSA) is 97.1 Å². The fourth-order valence-electron chi connectivity index (χ4n) is 8.50. The van der Waals surface area contributed by atoms with Crippen molar-refractivity contribution in [3.63, 3.8) is 0 Å². The smallest absolute Gasteiger partial charge is 0.140 e. The van der Waals surface area contributed by atoms with Crippen molar-refractivity contribution in [3.8, 4) is 11.4 Å². The number of thiophene rings is 1. The molecule has 0 saturated heterocycles. The Labute approximate surface area is 612 Å². The van der Waals surface area contributed by atoms with Crippen LogP contribution in [0.5, 0.6) is 0 Å². The molecule has 101 heavy (non-hydrogen) atoms. The fraction of sp³-hybridized carbons (Fsp3) is 0.385. The molecule has 0 amide bonds. The average molecular weight is 1380 g/mol. The van der Waals surface area contributed by atoms with Crippen LogP contribution in [0.25, 0.3) is 75.4 Å². The van der Waals surface area contributed by atoms with Crippen LogP contribution >= 0.6 is 11.3 Å². The van der Waals surface area contributed by atoms with E-state index in [2.05, 4.69) is 317 Å². The largest absolute Gasteiger partial charge is 0.456 e. The molecule has 0 bridgehead atoms. The van der Waals surface area contributed by atoms with Gasteiger partial charge in [-0.2, -0.15) is 0 Å². The Kier molecular flexibility index (Phi) is 33.6. The van der Waals surface area contributed by atoms with E-state index in [0.29, 0.717) is 45.2 Å². The molecule has 8 aromatic carbocycles. The normalized spacial score (nSPS) is 13.4. The van der Waals surface area contributed by atoms with E-state index < -0.39 is 0 Å². The Balaban J connectivity index is 0.000000240. The Bertz CT molecular complexity index is 4170. The van der Waals surface area contributed by atoms with E-state index in [4.69, 9.17) is 4.42 Å². The van der Waals surface area contributed by atoms with Gasteiger partial charge < -0.3 is 8.98 Å². The van der Waals surface area contributed by atoms with Crippen LogP contribution in [0.3, 0.4) is 0 Å². The first-order valence-corrected chi connectivity index (χ1v) is 36.3. The minimum atomic E-state index is 0.449. The monoisotopic (exact) mass is 1370 g/mol. The zero-order valence-electron chi connectivity index (χ0n) is 66.4. The van der Waals surface area contributed by atoms with E-state index in [-0.39, 0.29) is 0 Å². The summed E-state index contributed by atoms with van der Waals surface area (Å²) in [5, 5.41) is 8.28. The Hall–Kier alpha value is -8.70. The average Bonchev–Trinajstić information content (AvgIpc) is 1.67. The molecule has 0 fully saturated rings. The maximum Gasteiger partial charge on any atom is 0.140 e. The van der Waals surface area contributed by atoms with Gasteiger partial charge in [0.1, 0.15) is 30.0 Å². The van der Waals surface area contributed by atoms with Gasteiger partial charge in [0.05, 0.1) is 45.7 Å². The molecule has 10 heteroatoms. The molecule has 1 atom stereocenters. The highest BCUT2D eigenvalue weighted by Gasteiger charge is 2.22. The van der Waals surface area contributed by atoms with Gasteiger partial charge in [0, 0.05) is 55.1 Å². The summed E-state index contributed by atoms with van der Waals surface area (Å²) >= 11 is 1.86. The summed E-state index contributed by atoms with van der Waals surface area (Å²) in [6.07, 6.45) is 11.7. The van der Waals surface area contributed by atoms with Crippen LogP contribution in [-0.2, 0) is 7.05 Å². The maximum atomic E-state index is 5.65. The van der Waals surface area contributed by atoms with Crippen molar-refractivity contribution >= 4 is 81.1 Å². The predicted octanol–water partition coefficient (Wildman–Crippen LogP) is 25.5. The van der Waals surface area contributed by atoms with Gasteiger partial charge >= 0.3 is 0 Å². The van der Waals surface area contributed by atoms with Crippen molar-refractivity contribution < 1.29 is 4.42 Å². The molecule has 538 valence electrons. The number of benzene rings is 8. The lowest BCUT2D eigenvalue weighted by Crippen LogP contribution is -2.30. The SMILES string of the molecule is CC(C)(C)C.CC(C)(C)C.CC(C)(C)C.CC(C)(C)C.CC(C)(C)C.CC(C)(C)C.CN1CN=C2C=CC=CC21.Cn1c(-c2ccccc2)nc2ccccc21.c1ccc2c(c1)=NCN=2.c1ccc2c(c1)oc1ccccc12.c1ccc2c(c1)sc1ccccc12.c1ccc2ncncc2c1. The summed E-state index contributed by atoms with van der Waals surface area (Å²) in [6, 6.07) is 68.1. The van der Waals surface area contributed by atoms with E-state index in [1.54, 1.807) is 6.33 Å². The molecule has 1 aliphatic carbocycles. The molecule has 2 aliphatic heterocycles. The summed E-state index contributed by atoms with van der Waals surface area (Å²) in [6.45, 7) is 54.0. The third-order valence-electron chi connectivity index (χ3n) is 12.1. The second kappa shape index (κ2) is 40.1. The number of rotatable bonds is 1. The summed E-state index contributed by atoms with van der Waals surface area (Å²) < 4.78 is 10.5. The molecular formula is C91H122N8OS. The van der Waals surface area contributed by atoms with Gasteiger partial charge in [-0.3, -0.25) is 19.9 Å². The van der Waals surface area contributed by atoms with Crippen LogP contribution in [0.2, 0.25) is 0 Å². The molecular weight excluding hydrogens is 1250 g/mol. The van der Waals surface area contributed by atoms with Gasteiger partial charge in [-0.25, -0.2) is 15.0 Å². The molecule has 6 heterocycles. The molecule has 4 aromatic heterocycles. The van der Waals surface area contributed by atoms with Crippen molar-refractivity contribution in [1.29, 1.82) is 0 Å². The molecule has 0 saturated carbocycles. The van der Waals surface area contributed by atoms with Crippen molar-refractivity contribution in [1.82, 2.24) is 24.4 Å². The number of hydrogen-bond acceptors (Lipinski definition) is 9. The molecule has 0 N–H and O–H groups in total. The van der Waals surface area contributed by atoms with Crippen LogP contribution in [-0.4, -0.2) is 56.6 Å². The van der Waals surface area contributed by atoms with Crippen LogP contribution in [0.4, 0.5) is 0 Å². The molecule has 9 nitrogen and oxygen atoms in total. The first kappa shape index (κ1) is 84.7. The zero-order valence-corrected chi connectivity index (χ0v) is 67.2. The lowest BCUT2D eigenvalue weighted by atomic mass is 10.0. The first-order chi connectivity index (χ1) is 47.1. The highest BCUT2D eigenvalue weighted by molar-refractivity contribution is 7.25. The standard InChI is InChI=1S/C14H12N2.C12H8O.C12H8S.C8H10N2.C8H6N2.C7H6N2.6C5H12/c1-16-13-10-6-5-9-12(13)15-14(16)11-7-3-2-4-8-11;2*1-3-7-11-9(5-1)10-6-2-4-8-12(10)13-11;1-10-6-9-7-4-2-3-5-8(7)10;1-2-4-8-7(3-1)5-9-6-10-8;1-2-4-7-6(3-1)8-5-9-7;6*1-5(2,3)4/h2-10H,1H3;2*1-8H;2-5,8H,6H2,1H3;1-6H;1-4H,5H2;6*1-4H3. The third kappa shape index (κ3) is 36.5. The van der Waals surface area contributed by atoms with E-state index in [9.17, 15) is 0 Å². The fourth-order valence-corrected chi connectivity index (χ4v) is 9.61. The van der Waals surface area contributed by atoms with Crippen LogP contribution in [0.1, 0.15) is 166 Å². The number of aromatic nitrogens is 4.